The number of hydrogen-bond donors (Lipinski definition) is 2. The summed E-state index contributed by atoms with van der Waals surface area (Å²) in [4.78, 5) is 0. The molecule has 68 valence electrons. The van der Waals surface area contributed by atoms with Crippen LogP contribution < -0.4 is 10.6 Å². The molecule has 0 bridgehead atoms. The predicted octanol–water partition coefficient (Wildman–Crippen LogP) is 1.37. The molecule has 0 aromatic carbocycles. The van der Waals surface area contributed by atoms with E-state index in [9.17, 15) is 0 Å². The van der Waals surface area contributed by atoms with E-state index in [2.05, 4.69) is 38.3 Å². The third-order valence-electron chi connectivity index (χ3n) is 2.18. The third kappa shape index (κ3) is 5.22. The van der Waals surface area contributed by atoms with E-state index >= 15 is 0 Å². The van der Waals surface area contributed by atoms with Crippen LogP contribution in [0.1, 0.15) is 34.1 Å². The average Bonchev–Trinajstić information content (AvgIpc) is 2.00. The summed E-state index contributed by atoms with van der Waals surface area (Å²) >= 11 is 0. The van der Waals surface area contributed by atoms with E-state index < -0.39 is 0 Å². The van der Waals surface area contributed by atoms with Gasteiger partial charge in [0.05, 0.1) is 0 Å². The van der Waals surface area contributed by atoms with Gasteiger partial charge in [-0.3, -0.25) is 0 Å². The molecule has 0 saturated carbocycles. The summed E-state index contributed by atoms with van der Waals surface area (Å²) in [6, 6.07) is 0.627. The molecule has 0 aliphatic rings. The van der Waals surface area contributed by atoms with Crippen molar-refractivity contribution < 1.29 is 0 Å². The summed E-state index contributed by atoms with van der Waals surface area (Å²) in [5.74, 6) is 0. The monoisotopic (exact) mass is 158 g/mol. The molecule has 0 saturated heterocycles. The Labute approximate surface area is 70.8 Å². The molecule has 2 N–H and O–H groups in total. The van der Waals surface area contributed by atoms with E-state index in [0.717, 1.165) is 6.54 Å². The van der Waals surface area contributed by atoms with Gasteiger partial charge >= 0.3 is 0 Å². The van der Waals surface area contributed by atoms with Gasteiger partial charge in [-0.25, -0.2) is 0 Å². The van der Waals surface area contributed by atoms with Crippen molar-refractivity contribution in [3.8, 4) is 0 Å². The summed E-state index contributed by atoms with van der Waals surface area (Å²) in [5.41, 5.74) is 0.212. The summed E-state index contributed by atoms with van der Waals surface area (Å²) < 4.78 is 0. The van der Waals surface area contributed by atoms with Crippen LogP contribution in [-0.4, -0.2) is 25.2 Å². The highest BCUT2D eigenvalue weighted by atomic mass is 15.0. The molecule has 0 spiro atoms. The van der Waals surface area contributed by atoms with Crippen molar-refractivity contribution in [2.45, 2.75) is 45.7 Å². The molecule has 11 heavy (non-hydrogen) atoms. The maximum Gasteiger partial charge on any atom is 0.0246 e. The van der Waals surface area contributed by atoms with E-state index in [0.29, 0.717) is 6.04 Å². The van der Waals surface area contributed by atoms with Gasteiger partial charge in [0.15, 0.2) is 0 Å². The van der Waals surface area contributed by atoms with Crippen LogP contribution in [0, 0.1) is 0 Å². The van der Waals surface area contributed by atoms with Crippen molar-refractivity contribution in [1.29, 1.82) is 0 Å². The highest BCUT2D eigenvalue weighted by Crippen LogP contribution is 1.99. The topological polar surface area (TPSA) is 24.1 Å². The molecule has 0 amide bonds. The van der Waals surface area contributed by atoms with Crippen molar-refractivity contribution >= 4 is 0 Å². The Bertz CT molecular complexity index is 99.7. The molecule has 0 aliphatic heterocycles. The van der Waals surface area contributed by atoms with E-state index in [1.807, 2.05) is 7.05 Å². The summed E-state index contributed by atoms with van der Waals surface area (Å²) in [6.07, 6.45) is 1.19. The quantitative estimate of drug-likeness (QED) is 0.631. The summed E-state index contributed by atoms with van der Waals surface area (Å²) in [5, 5.41) is 6.72. The van der Waals surface area contributed by atoms with Gasteiger partial charge in [0.2, 0.25) is 0 Å². The molecule has 1 unspecified atom stereocenters. The van der Waals surface area contributed by atoms with Gasteiger partial charge in [0.1, 0.15) is 0 Å². The second-order valence-corrected chi connectivity index (χ2v) is 3.82. The fraction of sp³-hybridized carbons (Fsp3) is 1.00. The maximum atomic E-state index is 3.46. The van der Waals surface area contributed by atoms with Gasteiger partial charge in [-0.2, -0.15) is 0 Å². The fourth-order valence-corrected chi connectivity index (χ4v) is 0.662. The van der Waals surface area contributed by atoms with E-state index in [1.165, 1.54) is 6.42 Å². The summed E-state index contributed by atoms with van der Waals surface area (Å²) in [6.45, 7) is 9.83. The number of hydrogen-bond acceptors (Lipinski definition) is 2. The minimum Gasteiger partial charge on any atom is -0.314 e. The second kappa shape index (κ2) is 4.73. The Balaban J connectivity index is 3.52. The Morgan fingerprint density at radius 3 is 2.27 bits per heavy atom. The summed E-state index contributed by atoms with van der Waals surface area (Å²) in [7, 11) is 2.00. The standard InChI is InChI=1S/C9H22N2/c1-6-8(2)11-7-9(3,4)10-5/h8,10-11H,6-7H2,1-5H3. The zero-order valence-corrected chi connectivity index (χ0v) is 8.49. The first kappa shape index (κ1) is 10.9. The smallest absolute Gasteiger partial charge is 0.0246 e. The minimum atomic E-state index is 0.212. The maximum absolute atomic E-state index is 3.46. The largest absolute Gasteiger partial charge is 0.314 e. The molecule has 0 fully saturated rings. The van der Waals surface area contributed by atoms with Gasteiger partial charge in [-0.1, -0.05) is 6.92 Å². The lowest BCUT2D eigenvalue weighted by atomic mass is 10.1. The van der Waals surface area contributed by atoms with Crippen LogP contribution in [0.25, 0.3) is 0 Å². The lowest BCUT2D eigenvalue weighted by Gasteiger charge is -2.26. The van der Waals surface area contributed by atoms with Crippen molar-refractivity contribution in [3.05, 3.63) is 0 Å². The first-order valence-corrected chi connectivity index (χ1v) is 4.44. The number of nitrogens with one attached hydrogen (secondary N) is 2. The highest BCUT2D eigenvalue weighted by Gasteiger charge is 2.14. The van der Waals surface area contributed by atoms with E-state index in [1.54, 1.807) is 0 Å². The van der Waals surface area contributed by atoms with Crippen molar-refractivity contribution in [3.63, 3.8) is 0 Å². The minimum absolute atomic E-state index is 0.212. The fourth-order valence-electron chi connectivity index (χ4n) is 0.662. The molecule has 2 heteroatoms. The first-order valence-electron chi connectivity index (χ1n) is 4.44. The molecule has 0 heterocycles. The second-order valence-electron chi connectivity index (χ2n) is 3.82. The predicted molar refractivity (Wildman–Crippen MR) is 50.9 cm³/mol. The average molecular weight is 158 g/mol. The zero-order chi connectivity index (χ0) is 8.91. The molecule has 0 aromatic heterocycles. The van der Waals surface area contributed by atoms with E-state index in [-0.39, 0.29) is 5.54 Å². The highest BCUT2D eigenvalue weighted by molar-refractivity contribution is 4.79. The Kier molecular flexibility index (Phi) is 4.69. The SMILES string of the molecule is CCC(C)NCC(C)(C)NC. The van der Waals surface area contributed by atoms with Gasteiger partial charge in [-0.15, -0.1) is 0 Å². The van der Waals surface area contributed by atoms with Crippen LogP contribution in [0.2, 0.25) is 0 Å². The number of likely N-dealkylation sites (N-methyl/N-ethyl adjacent to an activating group) is 1. The van der Waals surface area contributed by atoms with E-state index in [4.69, 9.17) is 0 Å². The molecule has 0 aliphatic carbocycles. The lowest BCUT2D eigenvalue weighted by Crippen LogP contribution is -2.47. The van der Waals surface area contributed by atoms with Gasteiger partial charge in [0.25, 0.3) is 0 Å². The lowest BCUT2D eigenvalue weighted by molar-refractivity contribution is 0.369. The first-order chi connectivity index (χ1) is 5.02. The van der Waals surface area contributed by atoms with Crippen molar-refractivity contribution in [2.24, 2.45) is 0 Å². The molecule has 0 rings (SSSR count). The normalized spacial score (nSPS) is 15.0. The van der Waals surface area contributed by atoms with Gasteiger partial charge < -0.3 is 10.6 Å². The van der Waals surface area contributed by atoms with Crippen molar-refractivity contribution in [2.75, 3.05) is 13.6 Å². The van der Waals surface area contributed by atoms with Gasteiger partial charge in [-0.05, 0) is 34.2 Å². The van der Waals surface area contributed by atoms with Gasteiger partial charge in [0, 0.05) is 18.1 Å². The molecule has 1 atom stereocenters. The molecule has 0 aromatic rings. The zero-order valence-electron chi connectivity index (χ0n) is 8.49. The van der Waals surface area contributed by atoms with Crippen LogP contribution in [0.4, 0.5) is 0 Å². The Morgan fingerprint density at radius 2 is 1.91 bits per heavy atom. The van der Waals surface area contributed by atoms with Crippen LogP contribution >= 0.6 is 0 Å². The van der Waals surface area contributed by atoms with Crippen LogP contribution in [0.5, 0.6) is 0 Å². The third-order valence-corrected chi connectivity index (χ3v) is 2.18. The van der Waals surface area contributed by atoms with Crippen molar-refractivity contribution in [1.82, 2.24) is 10.6 Å². The molecular weight excluding hydrogens is 136 g/mol. The molecule has 2 nitrogen and oxygen atoms in total. The number of rotatable bonds is 5. The Morgan fingerprint density at radius 1 is 1.36 bits per heavy atom. The molecule has 0 radical (unpaired) electrons. The van der Waals surface area contributed by atoms with Crippen LogP contribution in [-0.2, 0) is 0 Å². The van der Waals surface area contributed by atoms with Crippen LogP contribution in [0.15, 0.2) is 0 Å². The van der Waals surface area contributed by atoms with Crippen LogP contribution in [0.3, 0.4) is 0 Å². The molecular formula is C9H22N2. The Hall–Kier alpha value is -0.0800.